The van der Waals surface area contributed by atoms with E-state index in [0.717, 1.165) is 5.69 Å². The molecule has 0 aliphatic rings. The summed E-state index contributed by atoms with van der Waals surface area (Å²) in [6, 6.07) is 4.34. The Morgan fingerprint density at radius 1 is 1.27 bits per heavy atom. The SMILES string of the molecule is Cc1nccc2c1cc(C(C)(C)C)n2C. The van der Waals surface area contributed by atoms with Crippen LogP contribution in [-0.2, 0) is 12.5 Å². The number of hydrogen-bond donors (Lipinski definition) is 0. The van der Waals surface area contributed by atoms with Crippen molar-refractivity contribution in [3.8, 4) is 0 Å². The minimum absolute atomic E-state index is 0.181. The van der Waals surface area contributed by atoms with Crippen molar-refractivity contribution in [1.29, 1.82) is 0 Å². The number of fused-ring (bicyclic) bond motifs is 1. The van der Waals surface area contributed by atoms with Crippen LogP contribution in [0.5, 0.6) is 0 Å². The Bertz CT molecular complexity index is 501. The average Bonchev–Trinajstić information content (AvgIpc) is 2.45. The highest BCUT2D eigenvalue weighted by Gasteiger charge is 2.19. The minimum atomic E-state index is 0.181. The van der Waals surface area contributed by atoms with Gasteiger partial charge in [-0.2, -0.15) is 0 Å². The third-order valence-corrected chi connectivity index (χ3v) is 2.94. The fraction of sp³-hybridized carbons (Fsp3) is 0.462. The zero-order chi connectivity index (χ0) is 11.2. The molecule has 0 radical (unpaired) electrons. The number of aromatic nitrogens is 2. The first-order valence-electron chi connectivity index (χ1n) is 5.33. The van der Waals surface area contributed by atoms with Crippen LogP contribution < -0.4 is 0 Å². The number of aryl methyl sites for hydroxylation is 2. The molecule has 2 nitrogen and oxygen atoms in total. The van der Waals surface area contributed by atoms with Crippen molar-refractivity contribution in [2.24, 2.45) is 7.05 Å². The number of rotatable bonds is 0. The summed E-state index contributed by atoms with van der Waals surface area (Å²) in [7, 11) is 2.13. The lowest BCUT2D eigenvalue weighted by Crippen LogP contribution is -2.15. The molecule has 2 aromatic rings. The monoisotopic (exact) mass is 202 g/mol. The highest BCUT2D eigenvalue weighted by atomic mass is 15.0. The lowest BCUT2D eigenvalue weighted by molar-refractivity contribution is 0.547. The van der Waals surface area contributed by atoms with Crippen LogP contribution in [0, 0.1) is 6.92 Å². The van der Waals surface area contributed by atoms with E-state index in [9.17, 15) is 0 Å². The molecule has 2 heteroatoms. The second kappa shape index (κ2) is 3.09. The second-order valence-electron chi connectivity index (χ2n) is 5.17. The van der Waals surface area contributed by atoms with Crippen molar-refractivity contribution >= 4 is 10.9 Å². The summed E-state index contributed by atoms with van der Waals surface area (Å²) in [5, 5.41) is 1.27. The molecule has 0 atom stereocenters. The largest absolute Gasteiger partial charge is 0.347 e. The predicted octanol–water partition coefficient (Wildman–Crippen LogP) is 3.18. The van der Waals surface area contributed by atoms with Gasteiger partial charge in [-0.05, 0) is 19.1 Å². The van der Waals surface area contributed by atoms with Gasteiger partial charge in [0.2, 0.25) is 0 Å². The molecule has 2 aromatic heterocycles. The maximum Gasteiger partial charge on any atom is 0.0513 e. The number of pyridine rings is 1. The van der Waals surface area contributed by atoms with Crippen LogP contribution in [0.3, 0.4) is 0 Å². The third kappa shape index (κ3) is 1.54. The van der Waals surface area contributed by atoms with Gasteiger partial charge in [-0.1, -0.05) is 20.8 Å². The van der Waals surface area contributed by atoms with E-state index in [1.807, 2.05) is 6.20 Å². The molecule has 0 aromatic carbocycles. The Kier molecular flexibility index (Phi) is 2.10. The molecular formula is C13H18N2. The molecule has 0 amide bonds. The van der Waals surface area contributed by atoms with Crippen molar-refractivity contribution in [2.45, 2.75) is 33.1 Å². The summed E-state index contributed by atoms with van der Waals surface area (Å²) in [6.07, 6.45) is 1.88. The Morgan fingerprint density at radius 2 is 1.93 bits per heavy atom. The summed E-state index contributed by atoms with van der Waals surface area (Å²) >= 11 is 0. The summed E-state index contributed by atoms with van der Waals surface area (Å²) in [4.78, 5) is 4.33. The quantitative estimate of drug-likeness (QED) is 0.641. The average molecular weight is 202 g/mol. The summed E-state index contributed by atoms with van der Waals surface area (Å²) in [6.45, 7) is 8.78. The lowest BCUT2D eigenvalue weighted by Gasteiger charge is -2.19. The van der Waals surface area contributed by atoms with E-state index >= 15 is 0 Å². The van der Waals surface area contributed by atoms with Crippen LogP contribution >= 0.6 is 0 Å². The number of hydrogen-bond acceptors (Lipinski definition) is 1. The fourth-order valence-corrected chi connectivity index (χ4v) is 2.12. The fourth-order valence-electron chi connectivity index (χ4n) is 2.12. The van der Waals surface area contributed by atoms with E-state index in [1.54, 1.807) is 0 Å². The Hall–Kier alpha value is -1.31. The normalized spacial score (nSPS) is 12.3. The molecule has 2 heterocycles. The van der Waals surface area contributed by atoms with Gasteiger partial charge in [-0.15, -0.1) is 0 Å². The molecular weight excluding hydrogens is 184 g/mol. The molecule has 0 saturated carbocycles. The first-order chi connectivity index (χ1) is 6.91. The van der Waals surface area contributed by atoms with E-state index in [0.29, 0.717) is 0 Å². The van der Waals surface area contributed by atoms with Crippen molar-refractivity contribution in [2.75, 3.05) is 0 Å². The van der Waals surface area contributed by atoms with Crippen LogP contribution in [-0.4, -0.2) is 9.55 Å². The van der Waals surface area contributed by atoms with Gasteiger partial charge < -0.3 is 4.57 Å². The van der Waals surface area contributed by atoms with Crippen LogP contribution in [0.4, 0.5) is 0 Å². The molecule has 0 saturated heterocycles. The van der Waals surface area contributed by atoms with Crippen LogP contribution in [0.1, 0.15) is 32.2 Å². The lowest BCUT2D eigenvalue weighted by atomic mass is 9.92. The van der Waals surface area contributed by atoms with Gasteiger partial charge in [0.25, 0.3) is 0 Å². The third-order valence-electron chi connectivity index (χ3n) is 2.94. The van der Waals surface area contributed by atoms with E-state index in [-0.39, 0.29) is 5.41 Å². The smallest absolute Gasteiger partial charge is 0.0513 e. The van der Waals surface area contributed by atoms with Crippen LogP contribution in [0.2, 0.25) is 0 Å². The zero-order valence-electron chi connectivity index (χ0n) is 10.1. The van der Waals surface area contributed by atoms with Gasteiger partial charge in [0.1, 0.15) is 0 Å². The standard InChI is InChI=1S/C13H18N2/c1-9-10-8-12(13(2,3)4)15(5)11(10)6-7-14-9/h6-8H,1-5H3. The first-order valence-corrected chi connectivity index (χ1v) is 5.33. The topological polar surface area (TPSA) is 17.8 Å². The van der Waals surface area contributed by atoms with Gasteiger partial charge in [0, 0.05) is 35.4 Å². The Morgan fingerprint density at radius 3 is 2.47 bits per heavy atom. The molecule has 15 heavy (non-hydrogen) atoms. The van der Waals surface area contributed by atoms with E-state index in [4.69, 9.17) is 0 Å². The molecule has 0 N–H and O–H groups in total. The molecule has 0 spiro atoms. The Labute approximate surface area is 90.9 Å². The Balaban J connectivity index is 2.81. The van der Waals surface area contributed by atoms with Crippen LogP contribution in [0.15, 0.2) is 18.3 Å². The predicted molar refractivity (Wildman–Crippen MR) is 64.2 cm³/mol. The van der Waals surface area contributed by atoms with E-state index in [1.165, 1.54) is 16.6 Å². The second-order valence-corrected chi connectivity index (χ2v) is 5.17. The van der Waals surface area contributed by atoms with Crippen molar-refractivity contribution in [3.05, 3.63) is 29.7 Å². The maximum absolute atomic E-state index is 4.33. The van der Waals surface area contributed by atoms with Gasteiger partial charge in [0.15, 0.2) is 0 Å². The van der Waals surface area contributed by atoms with E-state index < -0.39 is 0 Å². The summed E-state index contributed by atoms with van der Waals surface area (Å²) in [5.41, 5.74) is 3.92. The van der Waals surface area contributed by atoms with Crippen molar-refractivity contribution < 1.29 is 0 Å². The van der Waals surface area contributed by atoms with Gasteiger partial charge in [-0.25, -0.2) is 0 Å². The molecule has 0 aliphatic carbocycles. The molecule has 0 unspecified atom stereocenters. The molecule has 80 valence electrons. The van der Waals surface area contributed by atoms with Gasteiger partial charge in [0.05, 0.1) is 5.52 Å². The maximum atomic E-state index is 4.33. The molecule has 0 fully saturated rings. The van der Waals surface area contributed by atoms with E-state index in [2.05, 4.69) is 56.4 Å². The summed E-state index contributed by atoms with van der Waals surface area (Å²) < 4.78 is 2.27. The minimum Gasteiger partial charge on any atom is -0.347 e. The van der Waals surface area contributed by atoms with Gasteiger partial charge in [-0.3, -0.25) is 4.98 Å². The molecule has 2 rings (SSSR count). The van der Waals surface area contributed by atoms with Gasteiger partial charge >= 0.3 is 0 Å². The zero-order valence-corrected chi connectivity index (χ0v) is 10.1. The van der Waals surface area contributed by atoms with Crippen molar-refractivity contribution in [1.82, 2.24) is 9.55 Å². The summed E-state index contributed by atoms with van der Waals surface area (Å²) in [5.74, 6) is 0. The number of nitrogens with zero attached hydrogens (tertiary/aromatic N) is 2. The first kappa shape index (κ1) is 10.2. The molecule has 0 aliphatic heterocycles. The van der Waals surface area contributed by atoms with Crippen LogP contribution in [0.25, 0.3) is 10.9 Å². The van der Waals surface area contributed by atoms with Crippen molar-refractivity contribution in [3.63, 3.8) is 0 Å². The highest BCUT2D eigenvalue weighted by molar-refractivity contribution is 5.83. The highest BCUT2D eigenvalue weighted by Crippen LogP contribution is 2.29. The molecule has 0 bridgehead atoms.